The van der Waals surface area contributed by atoms with E-state index in [1.54, 1.807) is 20.8 Å². The summed E-state index contributed by atoms with van der Waals surface area (Å²) in [4.78, 5) is 33.5. The van der Waals surface area contributed by atoms with E-state index in [0.717, 1.165) is 0 Å². The van der Waals surface area contributed by atoms with Crippen LogP contribution in [0.1, 0.15) is 40.0 Å². The highest BCUT2D eigenvalue weighted by Crippen LogP contribution is 2.07. The molecule has 3 N–H and O–H groups in total. The van der Waals surface area contributed by atoms with Crippen LogP contribution in [-0.2, 0) is 14.3 Å². The maximum Gasteiger partial charge on any atom is 0.409 e. The van der Waals surface area contributed by atoms with Crippen LogP contribution < -0.4 is 10.6 Å². The second-order valence-corrected chi connectivity index (χ2v) is 5.72. The number of carboxylic acid groups (broad SMARTS) is 1. The van der Waals surface area contributed by atoms with Crippen LogP contribution in [0.15, 0.2) is 0 Å². The molecule has 0 rings (SSSR count). The van der Waals surface area contributed by atoms with Crippen molar-refractivity contribution in [3.8, 4) is 0 Å². The topological polar surface area (TPSA) is 114 Å². The quantitative estimate of drug-likeness (QED) is 0.461. The average Bonchev–Trinajstić information content (AvgIpc) is 2.34. The molecule has 0 spiro atoms. The summed E-state index contributed by atoms with van der Waals surface area (Å²) in [6, 6.07) is -1.41. The maximum atomic E-state index is 11.4. The Labute approximate surface area is 134 Å². The predicted molar refractivity (Wildman–Crippen MR) is 79.8 cm³/mol. The van der Waals surface area contributed by atoms with Gasteiger partial charge >= 0.3 is 18.2 Å². The number of hydrogen-bond donors (Lipinski definition) is 3. The Kier molecular flexibility index (Phi) is 9.32. The van der Waals surface area contributed by atoms with Crippen LogP contribution in [-0.4, -0.2) is 47.5 Å². The molecule has 8 nitrogen and oxygen atoms in total. The van der Waals surface area contributed by atoms with Gasteiger partial charge in [0.2, 0.25) is 0 Å². The van der Waals surface area contributed by atoms with Crippen LogP contribution >= 0.6 is 11.6 Å². The fourth-order valence-electron chi connectivity index (χ4n) is 1.47. The van der Waals surface area contributed by atoms with Crippen molar-refractivity contribution < 1.29 is 29.0 Å². The number of nitrogens with one attached hydrogen (secondary N) is 2. The second kappa shape index (κ2) is 10.1. The molecule has 22 heavy (non-hydrogen) atoms. The molecule has 1 atom stereocenters. The van der Waals surface area contributed by atoms with Gasteiger partial charge in [-0.2, -0.15) is 0 Å². The molecule has 0 saturated heterocycles. The lowest BCUT2D eigenvalue weighted by Gasteiger charge is -2.19. The zero-order chi connectivity index (χ0) is 17.2. The zero-order valence-electron chi connectivity index (χ0n) is 13.0. The van der Waals surface area contributed by atoms with Crippen LogP contribution in [0, 0.1) is 0 Å². The lowest BCUT2D eigenvalue weighted by molar-refractivity contribution is -0.139. The zero-order valence-corrected chi connectivity index (χ0v) is 13.7. The number of unbranched alkanes of at least 4 members (excludes halogenated alkanes) is 1. The normalized spacial score (nSPS) is 12.2. The highest BCUT2D eigenvalue weighted by atomic mass is 35.5. The molecule has 1 unspecified atom stereocenters. The van der Waals surface area contributed by atoms with Gasteiger partial charge in [-0.1, -0.05) is 11.6 Å². The van der Waals surface area contributed by atoms with Crippen LogP contribution in [0.25, 0.3) is 0 Å². The Balaban J connectivity index is 3.93. The van der Waals surface area contributed by atoms with Gasteiger partial charge in [-0.3, -0.25) is 0 Å². The van der Waals surface area contributed by atoms with Gasteiger partial charge in [0.15, 0.2) is 6.07 Å². The van der Waals surface area contributed by atoms with Gasteiger partial charge < -0.3 is 25.2 Å². The summed E-state index contributed by atoms with van der Waals surface area (Å²) in [5.41, 5.74) is -0.564. The Bertz CT molecular complexity index is 383. The van der Waals surface area contributed by atoms with E-state index >= 15 is 0 Å². The third-order valence-electron chi connectivity index (χ3n) is 2.36. The van der Waals surface area contributed by atoms with Crippen LogP contribution in [0.4, 0.5) is 9.59 Å². The molecule has 128 valence electrons. The number of ether oxygens (including phenoxy) is 2. The lowest BCUT2D eigenvalue weighted by atomic mass is 10.1. The largest absolute Gasteiger partial charge is 0.480 e. The van der Waals surface area contributed by atoms with Crippen molar-refractivity contribution in [2.75, 3.05) is 12.6 Å². The van der Waals surface area contributed by atoms with Gasteiger partial charge in [-0.15, -0.1) is 0 Å². The molecule has 0 radical (unpaired) electrons. The van der Waals surface area contributed by atoms with Crippen LogP contribution in [0.3, 0.4) is 0 Å². The summed E-state index contributed by atoms with van der Waals surface area (Å²) in [6.07, 6.45) is -0.147. The molecule has 9 heteroatoms. The summed E-state index contributed by atoms with van der Waals surface area (Å²) in [7, 11) is 0. The van der Waals surface area contributed by atoms with Gasteiger partial charge in [-0.05, 0) is 40.0 Å². The summed E-state index contributed by atoms with van der Waals surface area (Å²) in [6.45, 7) is 5.63. The van der Waals surface area contributed by atoms with E-state index in [1.165, 1.54) is 0 Å². The number of rotatable bonds is 8. The first-order valence-corrected chi connectivity index (χ1v) is 7.38. The van der Waals surface area contributed by atoms with E-state index in [4.69, 9.17) is 21.4 Å². The smallest absolute Gasteiger partial charge is 0.409 e. The van der Waals surface area contributed by atoms with Crippen molar-refractivity contribution in [2.24, 2.45) is 0 Å². The third kappa shape index (κ3) is 11.0. The Morgan fingerprint density at radius 3 is 2.32 bits per heavy atom. The highest BCUT2D eigenvalue weighted by Gasteiger charge is 2.20. The van der Waals surface area contributed by atoms with Crippen molar-refractivity contribution in [3.63, 3.8) is 0 Å². The van der Waals surface area contributed by atoms with E-state index in [2.05, 4.69) is 15.4 Å². The Morgan fingerprint density at radius 2 is 1.82 bits per heavy atom. The Morgan fingerprint density at radius 1 is 1.18 bits per heavy atom. The molecule has 0 aromatic heterocycles. The number of aliphatic carboxylic acids is 1. The number of halogens is 1. The lowest BCUT2D eigenvalue weighted by Crippen LogP contribution is -2.41. The van der Waals surface area contributed by atoms with Gasteiger partial charge in [0.05, 0.1) is 0 Å². The molecular weight excluding hydrogens is 316 g/mol. The van der Waals surface area contributed by atoms with E-state index < -0.39 is 29.8 Å². The molecule has 0 heterocycles. The standard InChI is InChI=1S/C13H23ClN2O6/c1-13(2,3)22-11(19)15-7-5-4-6-9(10(17)18)16-12(20)21-8-14/h9H,4-8H2,1-3H3,(H,15,19)(H,16,20)(H,17,18). The van der Waals surface area contributed by atoms with Crippen LogP contribution in [0.5, 0.6) is 0 Å². The van der Waals surface area contributed by atoms with Gasteiger partial charge in [-0.25, -0.2) is 14.4 Å². The number of hydrogen-bond acceptors (Lipinski definition) is 5. The summed E-state index contributed by atoms with van der Waals surface area (Å²) >= 11 is 5.20. The molecule has 0 aromatic rings. The van der Waals surface area contributed by atoms with Crippen LogP contribution in [0.2, 0.25) is 0 Å². The van der Waals surface area contributed by atoms with Crippen molar-refractivity contribution in [1.82, 2.24) is 10.6 Å². The van der Waals surface area contributed by atoms with Crippen molar-refractivity contribution in [3.05, 3.63) is 0 Å². The van der Waals surface area contributed by atoms with Crippen molar-refractivity contribution in [2.45, 2.75) is 51.7 Å². The molecule has 0 saturated carbocycles. The van der Waals surface area contributed by atoms with E-state index in [0.29, 0.717) is 19.4 Å². The average molecular weight is 339 g/mol. The molecule has 0 aliphatic rings. The summed E-state index contributed by atoms with van der Waals surface area (Å²) in [5.74, 6) is -1.16. The fourth-order valence-corrected chi connectivity index (χ4v) is 1.57. The SMILES string of the molecule is CC(C)(C)OC(=O)NCCCCC(NC(=O)OCCl)C(=O)O. The molecular formula is C13H23ClN2O6. The first-order valence-electron chi connectivity index (χ1n) is 6.84. The first-order chi connectivity index (χ1) is 10.2. The van der Waals surface area contributed by atoms with E-state index in [1.807, 2.05) is 0 Å². The monoisotopic (exact) mass is 338 g/mol. The molecule has 0 aliphatic heterocycles. The minimum atomic E-state index is -1.16. The molecule has 0 fully saturated rings. The van der Waals surface area contributed by atoms with Crippen molar-refractivity contribution in [1.29, 1.82) is 0 Å². The minimum Gasteiger partial charge on any atom is -0.480 e. The summed E-state index contributed by atoms with van der Waals surface area (Å²) in [5, 5.41) is 13.7. The third-order valence-corrected chi connectivity index (χ3v) is 2.47. The van der Waals surface area contributed by atoms with Gasteiger partial charge in [0.1, 0.15) is 11.6 Å². The number of carbonyl (C=O) groups excluding carboxylic acids is 2. The van der Waals surface area contributed by atoms with E-state index in [9.17, 15) is 14.4 Å². The molecule has 0 aromatic carbocycles. The highest BCUT2D eigenvalue weighted by molar-refractivity contribution is 6.17. The number of amides is 2. The Hall–Kier alpha value is -1.70. The maximum absolute atomic E-state index is 11.4. The van der Waals surface area contributed by atoms with Gasteiger partial charge in [0, 0.05) is 6.54 Å². The molecule has 2 amide bonds. The first kappa shape index (κ1) is 20.3. The second-order valence-electron chi connectivity index (χ2n) is 5.50. The number of carboxylic acids is 1. The van der Waals surface area contributed by atoms with Crippen molar-refractivity contribution >= 4 is 29.8 Å². The number of carbonyl (C=O) groups is 3. The summed E-state index contributed by atoms with van der Waals surface area (Å²) < 4.78 is 9.46. The molecule has 0 aliphatic carbocycles. The van der Waals surface area contributed by atoms with Gasteiger partial charge in [0.25, 0.3) is 0 Å². The minimum absolute atomic E-state index is 0.211. The molecule has 0 bridgehead atoms. The number of alkyl carbamates (subject to hydrolysis) is 2. The fraction of sp³-hybridized carbons (Fsp3) is 0.769. The number of alkyl halides is 1. The predicted octanol–water partition coefficient (Wildman–Crippen LogP) is 2.06. The van der Waals surface area contributed by atoms with E-state index in [-0.39, 0.29) is 12.5 Å².